The number of phenolic OH excluding ortho intramolecular Hbond substituents is 1. The second-order valence-corrected chi connectivity index (χ2v) is 14.8. The number of aliphatic hydroxyl groups is 3. The molecule has 4 atom stereocenters. The number of hydrogen-bond acceptors (Lipinski definition) is 8. The topological polar surface area (TPSA) is 141 Å². The van der Waals surface area contributed by atoms with Gasteiger partial charge in [0.2, 0.25) is 5.78 Å². The molecule has 0 aliphatic heterocycles. The first-order valence-corrected chi connectivity index (χ1v) is 16.3. The average Bonchev–Trinajstić information content (AvgIpc) is 3.48. The van der Waals surface area contributed by atoms with E-state index in [2.05, 4.69) is 12.1 Å². The molecule has 46 heavy (non-hydrogen) atoms. The first-order valence-electron chi connectivity index (χ1n) is 16.3. The Balaban J connectivity index is 1.56. The summed E-state index contributed by atoms with van der Waals surface area (Å²) in [6, 6.07) is 9.34. The van der Waals surface area contributed by atoms with E-state index >= 15 is 0 Å². The van der Waals surface area contributed by atoms with Crippen molar-refractivity contribution < 1.29 is 39.5 Å². The van der Waals surface area contributed by atoms with Gasteiger partial charge < -0.3 is 25.2 Å². The number of benzene rings is 2. The van der Waals surface area contributed by atoms with Crippen LogP contribution in [0.15, 0.2) is 53.0 Å². The lowest BCUT2D eigenvalue weighted by molar-refractivity contribution is -0.171. The third kappa shape index (κ3) is 4.32. The molecular formula is C38H44O8. The summed E-state index contributed by atoms with van der Waals surface area (Å²) >= 11 is 0. The van der Waals surface area contributed by atoms with E-state index in [-0.39, 0.29) is 35.6 Å². The lowest BCUT2D eigenvalue weighted by Gasteiger charge is -2.59. The van der Waals surface area contributed by atoms with Gasteiger partial charge >= 0.3 is 0 Å². The van der Waals surface area contributed by atoms with E-state index in [1.54, 1.807) is 20.1 Å². The first-order chi connectivity index (χ1) is 21.6. The van der Waals surface area contributed by atoms with Gasteiger partial charge in [-0.2, -0.15) is 0 Å². The molecule has 4 aliphatic rings. The van der Waals surface area contributed by atoms with Gasteiger partial charge in [0.25, 0.3) is 0 Å². The number of ketones is 3. The van der Waals surface area contributed by atoms with Gasteiger partial charge in [-0.05, 0) is 72.9 Å². The Kier molecular flexibility index (Phi) is 7.54. The van der Waals surface area contributed by atoms with Crippen LogP contribution in [0.3, 0.4) is 0 Å². The summed E-state index contributed by atoms with van der Waals surface area (Å²) in [6.07, 6.45) is 6.05. The summed E-state index contributed by atoms with van der Waals surface area (Å²) in [5.41, 5.74) is -2.67. The van der Waals surface area contributed by atoms with Crippen LogP contribution in [0, 0.1) is 28.6 Å². The summed E-state index contributed by atoms with van der Waals surface area (Å²) in [4.78, 5) is 41.0. The van der Waals surface area contributed by atoms with Crippen molar-refractivity contribution in [3.05, 3.63) is 69.7 Å². The lowest BCUT2D eigenvalue weighted by Crippen LogP contribution is -2.67. The summed E-state index contributed by atoms with van der Waals surface area (Å²) < 4.78 is 5.79. The highest BCUT2D eigenvalue weighted by Crippen LogP contribution is 2.65. The largest absolute Gasteiger partial charge is 0.511 e. The molecule has 8 heteroatoms. The predicted molar refractivity (Wildman–Crippen MR) is 173 cm³/mol. The molecule has 0 spiro atoms. The van der Waals surface area contributed by atoms with E-state index in [0.29, 0.717) is 17.2 Å². The fraction of sp³-hybridized carbons (Fsp3) is 0.500. The van der Waals surface area contributed by atoms with E-state index in [1.807, 2.05) is 26.8 Å². The van der Waals surface area contributed by atoms with Gasteiger partial charge in [-0.3, -0.25) is 14.4 Å². The van der Waals surface area contributed by atoms with E-state index in [1.165, 1.54) is 31.7 Å². The predicted octanol–water partition coefficient (Wildman–Crippen LogP) is 6.75. The van der Waals surface area contributed by atoms with Crippen molar-refractivity contribution >= 4 is 17.3 Å². The molecule has 2 aromatic carbocycles. The quantitative estimate of drug-likeness (QED) is 0.257. The molecule has 0 amide bonds. The molecule has 0 saturated heterocycles. The zero-order chi connectivity index (χ0) is 33.5. The third-order valence-corrected chi connectivity index (χ3v) is 11.4. The van der Waals surface area contributed by atoms with Crippen LogP contribution < -0.4 is 4.74 Å². The maximum Gasteiger partial charge on any atom is 0.209 e. The molecule has 0 bridgehead atoms. The van der Waals surface area contributed by atoms with Crippen LogP contribution in [0.25, 0.3) is 11.1 Å². The summed E-state index contributed by atoms with van der Waals surface area (Å²) in [5.74, 6) is -4.00. The Morgan fingerprint density at radius 3 is 2.30 bits per heavy atom. The number of rotatable bonds is 6. The van der Waals surface area contributed by atoms with Crippen LogP contribution in [0.1, 0.15) is 88.2 Å². The molecule has 8 nitrogen and oxygen atoms in total. The van der Waals surface area contributed by atoms with Crippen LogP contribution >= 0.6 is 0 Å². The van der Waals surface area contributed by atoms with Crippen molar-refractivity contribution in [2.75, 3.05) is 7.11 Å². The van der Waals surface area contributed by atoms with Gasteiger partial charge in [0.1, 0.15) is 28.6 Å². The molecule has 0 radical (unpaired) electrons. The van der Waals surface area contributed by atoms with E-state index in [9.17, 15) is 34.8 Å². The van der Waals surface area contributed by atoms with Crippen LogP contribution in [0.4, 0.5) is 0 Å². The Morgan fingerprint density at radius 1 is 1.02 bits per heavy atom. The maximum atomic E-state index is 14.5. The smallest absolute Gasteiger partial charge is 0.209 e. The van der Waals surface area contributed by atoms with Gasteiger partial charge in [-0.15, -0.1) is 0 Å². The monoisotopic (exact) mass is 628 g/mol. The van der Waals surface area contributed by atoms with Crippen LogP contribution in [0.5, 0.6) is 11.5 Å². The van der Waals surface area contributed by atoms with Crippen molar-refractivity contribution in [2.24, 2.45) is 28.6 Å². The number of carbonyl (C=O) groups is 3. The number of phenols is 1. The molecule has 0 aromatic heterocycles. The van der Waals surface area contributed by atoms with Crippen molar-refractivity contribution in [1.29, 1.82) is 0 Å². The number of fused-ring (bicyclic) bond motifs is 3. The highest BCUT2D eigenvalue weighted by molar-refractivity contribution is 6.25. The summed E-state index contributed by atoms with van der Waals surface area (Å²) in [6.45, 7) is 8.22. The van der Waals surface area contributed by atoms with Crippen LogP contribution in [-0.4, -0.2) is 50.5 Å². The SMILES string of the molecule is COc1ccc(CC2CCCC2)cc1-c1ccc(O)c2c1C[C@]1(C)C[C@]3(C)C(C(C)C)C(O)=C(C(C)=O)C(=O)[C@]3(O)C(O)=C1C2=O. The number of carbonyl (C=O) groups excluding carboxylic acids is 3. The van der Waals surface area contributed by atoms with Gasteiger partial charge in [0, 0.05) is 27.9 Å². The zero-order valence-electron chi connectivity index (χ0n) is 27.5. The van der Waals surface area contributed by atoms with Crippen LogP contribution in [0.2, 0.25) is 0 Å². The molecule has 2 aromatic rings. The minimum Gasteiger partial charge on any atom is -0.511 e. The van der Waals surface area contributed by atoms with Gasteiger partial charge in [-0.1, -0.05) is 65.5 Å². The molecule has 1 fully saturated rings. The minimum absolute atomic E-state index is 0.000765. The third-order valence-electron chi connectivity index (χ3n) is 11.4. The number of hydrogen-bond donors (Lipinski definition) is 4. The number of allylic oxidation sites excluding steroid dienone is 2. The minimum atomic E-state index is -2.64. The van der Waals surface area contributed by atoms with Crippen molar-refractivity contribution in [3.63, 3.8) is 0 Å². The molecule has 0 heterocycles. The number of aliphatic hydroxyl groups excluding tert-OH is 2. The molecule has 6 rings (SSSR count). The number of aromatic hydroxyl groups is 1. The number of ether oxygens (including phenoxy) is 1. The molecular weight excluding hydrogens is 584 g/mol. The maximum absolute atomic E-state index is 14.5. The van der Waals surface area contributed by atoms with Crippen LogP contribution in [-0.2, 0) is 22.4 Å². The summed E-state index contributed by atoms with van der Waals surface area (Å²) in [7, 11) is 1.60. The fourth-order valence-electron chi connectivity index (χ4n) is 9.62. The summed E-state index contributed by atoms with van der Waals surface area (Å²) in [5, 5.41) is 46.7. The lowest BCUT2D eigenvalue weighted by atomic mass is 9.44. The van der Waals surface area contributed by atoms with Crippen molar-refractivity contribution in [1.82, 2.24) is 0 Å². The molecule has 4 N–H and O–H groups in total. The van der Waals surface area contributed by atoms with E-state index in [0.717, 1.165) is 30.0 Å². The molecule has 1 unspecified atom stereocenters. The van der Waals surface area contributed by atoms with Crippen molar-refractivity contribution in [3.8, 4) is 22.6 Å². The molecule has 244 valence electrons. The Labute approximate surface area is 269 Å². The molecule has 1 saturated carbocycles. The van der Waals surface area contributed by atoms with Crippen molar-refractivity contribution in [2.45, 2.75) is 85.2 Å². The highest BCUT2D eigenvalue weighted by Gasteiger charge is 2.71. The normalized spacial score (nSPS) is 29.6. The molecule has 4 aliphatic carbocycles. The Morgan fingerprint density at radius 2 is 1.70 bits per heavy atom. The highest BCUT2D eigenvalue weighted by atomic mass is 16.5. The van der Waals surface area contributed by atoms with Gasteiger partial charge in [-0.25, -0.2) is 0 Å². The Hall–Kier alpha value is -3.91. The standard InChI is InChI=1S/C38H44O8/c1-19(2)30-32(41)28(20(3)39)34(43)38(45)35(44)31-33(42)29-25(17-36(31,4)18-37(30,38)5)23(12-13-26(29)40)24-16-22(11-14-27(24)46-6)15-21-9-7-8-10-21/h11-14,16,19,21,30,40-41,44-45H,7-10,15,17-18H2,1-6H3/t30?,36-,37-,38+/m1/s1. The Bertz CT molecular complexity index is 1740. The number of Topliss-reactive ketones (excluding diaryl/α,β-unsaturated/α-hetero) is 3. The zero-order valence-corrected chi connectivity index (χ0v) is 27.5. The fourth-order valence-corrected chi connectivity index (χ4v) is 9.62. The first kappa shape index (κ1) is 32.0. The van der Waals surface area contributed by atoms with E-state index < -0.39 is 56.8 Å². The number of methoxy groups -OCH3 is 1. The van der Waals surface area contributed by atoms with E-state index in [4.69, 9.17) is 4.74 Å². The second-order valence-electron chi connectivity index (χ2n) is 14.8. The second kappa shape index (κ2) is 10.8. The van der Waals surface area contributed by atoms with Gasteiger partial charge in [0.15, 0.2) is 17.2 Å². The average molecular weight is 629 g/mol. The van der Waals surface area contributed by atoms with Gasteiger partial charge in [0.05, 0.1) is 12.7 Å².